The molecule has 0 radical (unpaired) electrons. The summed E-state index contributed by atoms with van der Waals surface area (Å²) in [6.07, 6.45) is 10.4. The second kappa shape index (κ2) is 9.35. The van der Waals surface area contributed by atoms with Gasteiger partial charge in [-0.3, -0.25) is 24.7 Å². The molecule has 1 unspecified atom stereocenters. The van der Waals surface area contributed by atoms with Crippen molar-refractivity contribution in [1.29, 1.82) is 0 Å². The highest BCUT2D eigenvalue weighted by molar-refractivity contribution is 7.08. The van der Waals surface area contributed by atoms with E-state index in [2.05, 4.69) is 25.3 Å². The minimum atomic E-state index is -0.510. The van der Waals surface area contributed by atoms with Gasteiger partial charge in [-0.05, 0) is 34.9 Å². The van der Waals surface area contributed by atoms with Crippen LogP contribution >= 0.6 is 11.3 Å². The Morgan fingerprint density at radius 3 is 2.95 bits per heavy atom. The predicted molar refractivity (Wildman–Crippen MR) is 150 cm³/mol. The van der Waals surface area contributed by atoms with E-state index >= 15 is 4.39 Å². The molecule has 0 aromatic carbocycles. The zero-order valence-corrected chi connectivity index (χ0v) is 21.8. The number of H-pyrrole nitrogens is 1. The fourth-order valence-electron chi connectivity index (χ4n) is 4.89. The Hall–Kier alpha value is -4.51. The maximum Gasteiger partial charge on any atom is 0.224 e. The van der Waals surface area contributed by atoms with Gasteiger partial charge in [0.2, 0.25) is 5.91 Å². The van der Waals surface area contributed by atoms with Crippen molar-refractivity contribution in [2.75, 3.05) is 16.8 Å². The molecule has 0 aliphatic carbocycles. The molecular formula is C28H23FN8OS. The molecule has 0 bridgehead atoms. The average molecular weight is 539 g/mol. The molecule has 1 saturated heterocycles. The molecule has 0 spiro atoms. The number of aliphatic imine (C=N–C) groups is 1. The largest absolute Gasteiger partial charge is 0.342 e. The number of nitrogens with one attached hydrogen (secondary N) is 2. The summed E-state index contributed by atoms with van der Waals surface area (Å²) in [6.45, 7) is 2.72. The average Bonchev–Trinajstić information content (AvgIpc) is 3.31. The minimum Gasteiger partial charge on any atom is -0.342 e. The first-order valence-corrected chi connectivity index (χ1v) is 13.7. The summed E-state index contributed by atoms with van der Waals surface area (Å²) in [5.74, 6) is -0.129. The van der Waals surface area contributed by atoms with Crippen LogP contribution in [-0.4, -0.2) is 49.2 Å². The van der Waals surface area contributed by atoms with E-state index in [1.807, 2.05) is 28.7 Å². The smallest absolute Gasteiger partial charge is 0.224 e. The molecule has 194 valence electrons. The van der Waals surface area contributed by atoms with Gasteiger partial charge in [-0.15, -0.1) is 0 Å². The van der Waals surface area contributed by atoms with E-state index in [0.29, 0.717) is 47.0 Å². The maximum atomic E-state index is 16.3. The molecule has 1 fully saturated rings. The number of carbonyl (C=O) groups is 1. The molecule has 2 aliphatic rings. The van der Waals surface area contributed by atoms with Crippen molar-refractivity contribution in [3.8, 4) is 22.4 Å². The molecule has 7 rings (SSSR count). The Balaban J connectivity index is 1.30. The Labute approximate surface area is 226 Å². The number of rotatable bonds is 7. The number of imidazole rings is 1. The van der Waals surface area contributed by atoms with Crippen LogP contribution in [0.5, 0.6) is 0 Å². The van der Waals surface area contributed by atoms with Gasteiger partial charge in [0.1, 0.15) is 23.1 Å². The Morgan fingerprint density at radius 2 is 2.10 bits per heavy atom. The lowest BCUT2D eigenvalue weighted by molar-refractivity contribution is -0.116. The summed E-state index contributed by atoms with van der Waals surface area (Å²) in [4.78, 5) is 40.3. The number of hydrogen-bond acceptors (Lipinski definition) is 8. The van der Waals surface area contributed by atoms with Crippen LogP contribution in [0.3, 0.4) is 0 Å². The summed E-state index contributed by atoms with van der Waals surface area (Å²) in [6, 6.07) is 3.71. The van der Waals surface area contributed by atoms with Gasteiger partial charge in [0, 0.05) is 29.9 Å². The van der Waals surface area contributed by atoms with Gasteiger partial charge in [0.25, 0.3) is 0 Å². The van der Waals surface area contributed by atoms with Crippen LogP contribution in [0.2, 0.25) is 0 Å². The highest BCUT2D eigenvalue weighted by Crippen LogP contribution is 2.41. The Morgan fingerprint density at radius 1 is 1.21 bits per heavy atom. The van der Waals surface area contributed by atoms with E-state index in [-0.39, 0.29) is 17.8 Å². The number of amides is 1. The number of aromatic nitrogens is 5. The van der Waals surface area contributed by atoms with Gasteiger partial charge in [-0.1, -0.05) is 13.3 Å². The van der Waals surface area contributed by atoms with Crippen LogP contribution < -0.4 is 10.2 Å². The number of hydrogen-bond donors (Lipinski definition) is 2. The number of pyridine rings is 3. The van der Waals surface area contributed by atoms with Gasteiger partial charge in [0.15, 0.2) is 11.6 Å². The topological polar surface area (TPSA) is 112 Å². The van der Waals surface area contributed by atoms with Crippen molar-refractivity contribution in [3.05, 3.63) is 71.1 Å². The fraction of sp³-hybridized carbons (Fsp3) is 0.214. The highest BCUT2D eigenvalue weighted by atomic mass is 32.1. The lowest BCUT2D eigenvalue weighted by Crippen LogP contribution is -2.19. The number of carbonyl (C=O) groups excluding carboxylic acids is 1. The number of unbranched alkanes of at least 4 members (excludes halogenated alkanes) is 1. The van der Waals surface area contributed by atoms with Crippen molar-refractivity contribution in [2.24, 2.45) is 4.99 Å². The summed E-state index contributed by atoms with van der Waals surface area (Å²) >= 11 is 1.60. The molecular weight excluding hydrogens is 515 g/mol. The van der Waals surface area contributed by atoms with Gasteiger partial charge in [-0.2, -0.15) is 11.3 Å². The lowest BCUT2D eigenvalue weighted by atomic mass is 10.0. The van der Waals surface area contributed by atoms with Crippen molar-refractivity contribution in [3.63, 3.8) is 0 Å². The third kappa shape index (κ3) is 4.15. The van der Waals surface area contributed by atoms with E-state index in [0.717, 1.165) is 35.0 Å². The number of halogens is 1. The molecule has 5 aromatic rings. The number of aromatic amines is 1. The number of fused-ring (bicyclic) bond motifs is 4. The summed E-state index contributed by atoms with van der Waals surface area (Å²) in [7, 11) is 0. The first-order chi connectivity index (χ1) is 19.1. The molecule has 5 aromatic heterocycles. The van der Waals surface area contributed by atoms with Crippen LogP contribution in [0.4, 0.5) is 15.8 Å². The first-order valence-electron chi connectivity index (χ1n) is 12.8. The molecule has 39 heavy (non-hydrogen) atoms. The zero-order valence-electron chi connectivity index (χ0n) is 21.0. The Bertz CT molecular complexity index is 1760. The summed E-state index contributed by atoms with van der Waals surface area (Å²) < 4.78 is 16.3. The third-order valence-corrected chi connectivity index (χ3v) is 7.60. The molecule has 7 heterocycles. The van der Waals surface area contributed by atoms with E-state index in [4.69, 9.17) is 9.98 Å². The molecule has 1 amide bonds. The van der Waals surface area contributed by atoms with Gasteiger partial charge in [-0.25, -0.2) is 9.37 Å². The highest BCUT2D eigenvalue weighted by Gasteiger charge is 2.43. The second-order valence-electron chi connectivity index (χ2n) is 9.59. The Kier molecular flexibility index (Phi) is 5.66. The maximum absolute atomic E-state index is 16.3. The standard InChI is InChI=1S/C28H23FN8OS/c1-2-3-4-22(38)33-17-7-16(8-30-9-17)25-24(29)23-20(12-32-25)37-13-21(37)35-27(23)28-34-19-11-31-10-18(26(19)36-28)15-5-6-39-14-15/h5-12,14,21H,2-4,13H2,1H3,(H,33,38)(H,34,36). The monoisotopic (exact) mass is 538 g/mol. The van der Waals surface area contributed by atoms with Crippen molar-refractivity contribution in [2.45, 2.75) is 32.4 Å². The summed E-state index contributed by atoms with van der Waals surface area (Å²) in [5, 5.41) is 6.90. The SMILES string of the molecule is CCCCC(=O)Nc1cncc(-c2ncc3c(c2F)C(c2nc4c(-c5ccsc5)cncc4[nH]2)=NC2CN32)c1. The summed E-state index contributed by atoms with van der Waals surface area (Å²) in [5.41, 5.74) is 6.01. The van der Waals surface area contributed by atoms with Crippen molar-refractivity contribution in [1.82, 2.24) is 24.9 Å². The van der Waals surface area contributed by atoms with Crippen LogP contribution in [-0.2, 0) is 4.79 Å². The van der Waals surface area contributed by atoms with Gasteiger partial charge < -0.3 is 15.2 Å². The molecule has 0 saturated carbocycles. The van der Waals surface area contributed by atoms with Crippen LogP contribution in [0.1, 0.15) is 37.6 Å². The van der Waals surface area contributed by atoms with Crippen LogP contribution in [0.15, 0.2) is 58.9 Å². The molecule has 2 aliphatic heterocycles. The zero-order chi connectivity index (χ0) is 26.5. The van der Waals surface area contributed by atoms with E-state index < -0.39 is 5.82 Å². The molecule has 2 N–H and O–H groups in total. The normalized spacial score (nSPS) is 15.6. The number of nitrogens with zero attached hydrogens (tertiary/aromatic N) is 6. The molecule has 9 nitrogen and oxygen atoms in total. The van der Waals surface area contributed by atoms with Crippen molar-refractivity contribution < 1.29 is 9.18 Å². The predicted octanol–water partition coefficient (Wildman–Crippen LogP) is 5.41. The van der Waals surface area contributed by atoms with Gasteiger partial charge in [0.05, 0.1) is 47.6 Å². The quantitative estimate of drug-likeness (QED) is 0.268. The number of thiophene rings is 1. The molecule has 1 atom stereocenters. The third-order valence-electron chi connectivity index (χ3n) is 6.91. The number of anilines is 2. The van der Waals surface area contributed by atoms with Crippen LogP contribution in [0.25, 0.3) is 33.4 Å². The minimum absolute atomic E-state index is 0.0643. The van der Waals surface area contributed by atoms with E-state index in [9.17, 15) is 4.79 Å². The fourth-order valence-corrected chi connectivity index (χ4v) is 5.54. The van der Waals surface area contributed by atoms with Crippen molar-refractivity contribution >= 4 is 45.4 Å². The molecule has 11 heteroatoms. The second-order valence-corrected chi connectivity index (χ2v) is 10.4. The first kappa shape index (κ1) is 23.6. The lowest BCUT2D eigenvalue weighted by Gasteiger charge is -2.19. The van der Waals surface area contributed by atoms with Crippen LogP contribution in [0, 0.1) is 5.82 Å². The van der Waals surface area contributed by atoms with E-state index in [1.54, 1.807) is 48.4 Å². The van der Waals surface area contributed by atoms with E-state index in [1.165, 1.54) is 0 Å². The van der Waals surface area contributed by atoms with Gasteiger partial charge >= 0.3 is 0 Å².